The fourth-order valence-corrected chi connectivity index (χ4v) is 3.44. The van der Waals surface area contributed by atoms with Crippen molar-refractivity contribution in [2.24, 2.45) is 0 Å². The highest BCUT2D eigenvalue weighted by Gasteiger charge is 2.14. The molecular weight excluding hydrogens is 336 g/mol. The lowest BCUT2D eigenvalue weighted by molar-refractivity contribution is 0.174. The number of nitrogens with zero attached hydrogens (tertiary/aromatic N) is 4. The van der Waals surface area contributed by atoms with Gasteiger partial charge in [0.15, 0.2) is 11.5 Å². The molecule has 0 unspecified atom stereocenters. The second kappa shape index (κ2) is 6.76. The van der Waals surface area contributed by atoms with E-state index in [2.05, 4.69) is 53.6 Å². The van der Waals surface area contributed by atoms with Crippen LogP contribution in [0.3, 0.4) is 0 Å². The van der Waals surface area contributed by atoms with Crippen LogP contribution in [0.2, 0.25) is 0 Å². The number of fused-ring (bicyclic) bond motifs is 1. The molecule has 0 saturated heterocycles. The van der Waals surface area contributed by atoms with Crippen LogP contribution in [0.5, 0.6) is 11.5 Å². The lowest BCUT2D eigenvalue weighted by Crippen LogP contribution is -2.00. The van der Waals surface area contributed by atoms with Gasteiger partial charge in [0.2, 0.25) is 11.9 Å². The van der Waals surface area contributed by atoms with Crippen LogP contribution >= 0.6 is 11.8 Å². The van der Waals surface area contributed by atoms with Gasteiger partial charge < -0.3 is 9.47 Å². The number of benzene rings is 2. The molecule has 128 valence electrons. The summed E-state index contributed by atoms with van der Waals surface area (Å²) in [7, 11) is 0. The summed E-state index contributed by atoms with van der Waals surface area (Å²) in [6.07, 6.45) is 0. The van der Waals surface area contributed by atoms with Crippen molar-refractivity contribution < 1.29 is 9.47 Å². The van der Waals surface area contributed by atoms with Gasteiger partial charge >= 0.3 is 0 Å². The number of hydrogen-bond donors (Lipinski definition) is 0. The van der Waals surface area contributed by atoms with Crippen LogP contribution < -0.4 is 9.47 Å². The molecule has 0 bridgehead atoms. The number of tetrazole rings is 1. The van der Waals surface area contributed by atoms with Crippen molar-refractivity contribution in [2.75, 3.05) is 6.79 Å². The predicted octanol–water partition coefficient (Wildman–Crippen LogP) is 3.81. The minimum atomic E-state index is 0.288. The van der Waals surface area contributed by atoms with Gasteiger partial charge in [-0.15, -0.1) is 5.10 Å². The minimum Gasteiger partial charge on any atom is -0.454 e. The molecule has 1 aliphatic heterocycles. The number of hydrogen-bond acceptors (Lipinski definition) is 6. The molecule has 0 amide bonds. The SMILES string of the molecule is CC(C)c1ccc(-n2nnnc2SCc2ccc3c(c2)OCO3)cc1. The first-order valence-corrected chi connectivity index (χ1v) is 9.09. The van der Waals surface area contributed by atoms with E-state index in [4.69, 9.17) is 9.47 Å². The van der Waals surface area contributed by atoms with Crippen molar-refractivity contribution in [1.29, 1.82) is 0 Å². The summed E-state index contributed by atoms with van der Waals surface area (Å²) in [6.45, 7) is 4.65. The summed E-state index contributed by atoms with van der Waals surface area (Å²) in [4.78, 5) is 0. The van der Waals surface area contributed by atoms with E-state index >= 15 is 0 Å². The van der Waals surface area contributed by atoms with Gasteiger partial charge in [0, 0.05) is 5.75 Å². The molecule has 7 heteroatoms. The van der Waals surface area contributed by atoms with E-state index < -0.39 is 0 Å². The lowest BCUT2D eigenvalue weighted by Gasteiger charge is -2.08. The van der Waals surface area contributed by atoms with E-state index in [1.165, 1.54) is 5.56 Å². The molecule has 0 radical (unpaired) electrons. The zero-order valence-electron chi connectivity index (χ0n) is 14.0. The zero-order chi connectivity index (χ0) is 17.2. The third-order valence-electron chi connectivity index (χ3n) is 4.05. The van der Waals surface area contributed by atoms with Crippen LogP contribution in [0.25, 0.3) is 5.69 Å². The maximum atomic E-state index is 5.42. The average molecular weight is 354 g/mol. The summed E-state index contributed by atoms with van der Waals surface area (Å²) in [6, 6.07) is 14.3. The molecule has 4 rings (SSSR count). The normalized spacial score (nSPS) is 12.8. The maximum absolute atomic E-state index is 5.42. The summed E-state index contributed by atoms with van der Waals surface area (Å²) < 4.78 is 12.5. The van der Waals surface area contributed by atoms with Gasteiger partial charge in [-0.25, -0.2) is 0 Å². The first kappa shape index (κ1) is 16.0. The summed E-state index contributed by atoms with van der Waals surface area (Å²) in [5.74, 6) is 2.84. The first-order chi connectivity index (χ1) is 12.2. The third kappa shape index (κ3) is 3.32. The van der Waals surface area contributed by atoms with Crippen molar-refractivity contribution in [3.8, 4) is 17.2 Å². The van der Waals surface area contributed by atoms with Crippen molar-refractivity contribution in [1.82, 2.24) is 20.2 Å². The molecule has 0 saturated carbocycles. The van der Waals surface area contributed by atoms with Gasteiger partial charge in [-0.3, -0.25) is 0 Å². The Morgan fingerprint density at radius 2 is 1.88 bits per heavy atom. The fourth-order valence-electron chi connectivity index (χ4n) is 2.61. The molecule has 0 aliphatic carbocycles. The Hall–Kier alpha value is -2.54. The Kier molecular flexibility index (Phi) is 4.31. The van der Waals surface area contributed by atoms with E-state index in [0.717, 1.165) is 33.7 Å². The van der Waals surface area contributed by atoms with E-state index in [1.54, 1.807) is 16.4 Å². The molecule has 2 heterocycles. The standard InChI is InChI=1S/C18H18N4O2S/c1-12(2)14-4-6-15(7-5-14)22-18(19-20-21-22)25-10-13-3-8-16-17(9-13)24-11-23-16/h3-9,12H,10-11H2,1-2H3. The smallest absolute Gasteiger partial charge is 0.231 e. The minimum absolute atomic E-state index is 0.288. The van der Waals surface area contributed by atoms with Crippen LogP contribution in [-0.4, -0.2) is 27.0 Å². The van der Waals surface area contributed by atoms with E-state index in [0.29, 0.717) is 5.92 Å². The van der Waals surface area contributed by atoms with Crippen molar-refractivity contribution in [3.05, 3.63) is 53.6 Å². The molecule has 0 N–H and O–H groups in total. The monoisotopic (exact) mass is 354 g/mol. The van der Waals surface area contributed by atoms with Gasteiger partial charge in [-0.1, -0.05) is 43.8 Å². The highest BCUT2D eigenvalue weighted by molar-refractivity contribution is 7.98. The highest BCUT2D eigenvalue weighted by Crippen LogP contribution is 2.34. The van der Waals surface area contributed by atoms with E-state index in [9.17, 15) is 0 Å². The van der Waals surface area contributed by atoms with Gasteiger partial charge in [-0.2, -0.15) is 4.68 Å². The summed E-state index contributed by atoms with van der Waals surface area (Å²) >= 11 is 1.59. The van der Waals surface area contributed by atoms with E-state index in [1.807, 2.05) is 18.2 Å². The molecule has 3 aromatic rings. The molecule has 2 aromatic carbocycles. The van der Waals surface area contributed by atoms with Crippen LogP contribution in [-0.2, 0) is 5.75 Å². The third-order valence-corrected chi connectivity index (χ3v) is 5.04. The largest absolute Gasteiger partial charge is 0.454 e. The fraction of sp³-hybridized carbons (Fsp3) is 0.278. The Morgan fingerprint density at radius 1 is 1.08 bits per heavy atom. The van der Waals surface area contributed by atoms with Crippen molar-refractivity contribution in [3.63, 3.8) is 0 Å². The lowest BCUT2D eigenvalue weighted by atomic mass is 10.0. The van der Waals surface area contributed by atoms with Crippen LogP contribution in [0.4, 0.5) is 0 Å². The topological polar surface area (TPSA) is 62.1 Å². The van der Waals surface area contributed by atoms with Crippen LogP contribution in [0.15, 0.2) is 47.6 Å². The molecule has 6 nitrogen and oxygen atoms in total. The molecule has 0 fully saturated rings. The summed E-state index contributed by atoms with van der Waals surface area (Å²) in [5.41, 5.74) is 3.40. The molecular formula is C18H18N4O2S. The van der Waals surface area contributed by atoms with Crippen LogP contribution in [0, 0.1) is 0 Å². The zero-order valence-corrected chi connectivity index (χ0v) is 14.9. The second-order valence-electron chi connectivity index (χ2n) is 6.10. The summed E-state index contributed by atoms with van der Waals surface area (Å²) in [5, 5.41) is 12.9. The Bertz CT molecular complexity index is 877. The van der Waals surface area contributed by atoms with Crippen molar-refractivity contribution in [2.45, 2.75) is 30.7 Å². The van der Waals surface area contributed by atoms with Gasteiger partial charge in [0.1, 0.15) is 0 Å². The van der Waals surface area contributed by atoms with E-state index in [-0.39, 0.29) is 6.79 Å². The Morgan fingerprint density at radius 3 is 2.68 bits per heavy atom. The number of ether oxygens (including phenoxy) is 2. The number of thioether (sulfide) groups is 1. The van der Waals surface area contributed by atoms with Gasteiger partial charge in [0.25, 0.3) is 0 Å². The second-order valence-corrected chi connectivity index (χ2v) is 7.04. The van der Waals surface area contributed by atoms with Gasteiger partial charge in [0.05, 0.1) is 5.69 Å². The van der Waals surface area contributed by atoms with Crippen molar-refractivity contribution >= 4 is 11.8 Å². The molecule has 0 atom stereocenters. The quantitative estimate of drug-likeness (QED) is 0.649. The highest BCUT2D eigenvalue weighted by atomic mass is 32.2. The Labute approximate surface area is 150 Å². The molecule has 0 spiro atoms. The molecule has 1 aliphatic rings. The average Bonchev–Trinajstić information content (AvgIpc) is 3.28. The molecule has 1 aromatic heterocycles. The Balaban J connectivity index is 1.50. The number of rotatable bonds is 5. The molecule has 25 heavy (non-hydrogen) atoms. The predicted molar refractivity (Wildman–Crippen MR) is 95.4 cm³/mol. The van der Waals surface area contributed by atoms with Crippen LogP contribution in [0.1, 0.15) is 30.9 Å². The maximum Gasteiger partial charge on any atom is 0.231 e. The van der Waals surface area contributed by atoms with Gasteiger partial charge in [-0.05, 0) is 51.7 Å². The number of aromatic nitrogens is 4. The first-order valence-electron chi connectivity index (χ1n) is 8.11.